The normalized spacial score (nSPS) is 22.4. The number of hydrogen-bond donors (Lipinski definition) is 2. The molecule has 1 aliphatic rings. The van der Waals surface area contributed by atoms with Crippen LogP contribution in [0.5, 0.6) is 0 Å². The number of rotatable bonds is 3. The van der Waals surface area contributed by atoms with E-state index in [2.05, 4.69) is 0 Å². The summed E-state index contributed by atoms with van der Waals surface area (Å²) in [5, 5.41) is 19.1. The Kier molecular flexibility index (Phi) is 4.42. The molecule has 0 aromatic heterocycles. The van der Waals surface area contributed by atoms with E-state index in [9.17, 15) is 14.7 Å². The molecule has 0 unspecified atom stereocenters. The van der Waals surface area contributed by atoms with Crippen molar-refractivity contribution in [3.8, 4) is 0 Å². The van der Waals surface area contributed by atoms with Crippen LogP contribution in [0.4, 0.5) is 0 Å². The summed E-state index contributed by atoms with van der Waals surface area (Å²) in [5.74, 6) is -1.53. The van der Waals surface area contributed by atoms with Gasteiger partial charge >= 0.3 is 5.97 Å². The average molecular weight is 296 g/mol. The van der Waals surface area contributed by atoms with Gasteiger partial charge in [0.05, 0.1) is 6.10 Å². The van der Waals surface area contributed by atoms with E-state index in [4.69, 9.17) is 16.7 Å². The Morgan fingerprint density at radius 3 is 2.55 bits per heavy atom. The first kappa shape index (κ1) is 14.6. The second kappa shape index (κ2) is 6.07. The number of hydrogen-bond acceptors (Lipinski definition) is 3. The molecule has 1 heterocycles. The summed E-state index contributed by atoms with van der Waals surface area (Å²) < 4.78 is 0. The van der Waals surface area contributed by atoms with Crippen LogP contribution in [0.3, 0.4) is 0 Å². The highest BCUT2D eigenvalue weighted by Gasteiger charge is 2.37. The number of carboxylic acid groups (broad SMARTS) is 1. The van der Waals surface area contributed by atoms with Gasteiger partial charge in [-0.05, 0) is 23.8 Å². The molecule has 0 bridgehead atoms. The van der Waals surface area contributed by atoms with Gasteiger partial charge in [-0.2, -0.15) is 0 Å². The number of β-amino-alcohol motifs (C(OH)–C–C–N with tert-alkyl or cyclic N) is 1. The van der Waals surface area contributed by atoms with Crippen LogP contribution in [0.25, 0.3) is 6.08 Å². The second-order valence-corrected chi connectivity index (χ2v) is 5.06. The van der Waals surface area contributed by atoms with Gasteiger partial charge in [-0.25, -0.2) is 4.79 Å². The Hall–Kier alpha value is -1.85. The number of amides is 1. The monoisotopic (exact) mass is 295 g/mol. The Balaban J connectivity index is 2.07. The highest BCUT2D eigenvalue weighted by atomic mass is 35.5. The Labute approximate surface area is 121 Å². The number of aliphatic carboxylic acids is 1. The van der Waals surface area contributed by atoms with Crippen LogP contribution in [-0.2, 0) is 9.59 Å². The van der Waals surface area contributed by atoms with Gasteiger partial charge < -0.3 is 15.1 Å². The summed E-state index contributed by atoms with van der Waals surface area (Å²) >= 11 is 5.76. The van der Waals surface area contributed by atoms with Crippen LogP contribution in [0, 0.1) is 0 Å². The summed E-state index contributed by atoms with van der Waals surface area (Å²) in [4.78, 5) is 24.2. The van der Waals surface area contributed by atoms with E-state index in [0.717, 1.165) is 5.56 Å². The molecule has 0 spiro atoms. The van der Waals surface area contributed by atoms with Gasteiger partial charge in [0.15, 0.2) is 0 Å². The van der Waals surface area contributed by atoms with Crippen LogP contribution in [0.2, 0.25) is 5.02 Å². The number of nitrogens with zero attached hydrogens (tertiary/aromatic N) is 1. The van der Waals surface area contributed by atoms with Crippen LogP contribution in [-0.4, -0.2) is 45.7 Å². The number of aliphatic hydroxyl groups excluding tert-OH is 1. The van der Waals surface area contributed by atoms with Crippen molar-refractivity contribution >= 4 is 29.6 Å². The largest absolute Gasteiger partial charge is 0.480 e. The fourth-order valence-electron chi connectivity index (χ4n) is 2.13. The zero-order valence-corrected chi connectivity index (χ0v) is 11.3. The minimum atomic E-state index is -1.10. The third-order valence-electron chi connectivity index (χ3n) is 3.14. The smallest absolute Gasteiger partial charge is 0.326 e. The van der Waals surface area contributed by atoms with E-state index in [1.54, 1.807) is 30.3 Å². The molecule has 1 aromatic carbocycles. The van der Waals surface area contributed by atoms with E-state index < -0.39 is 24.0 Å². The summed E-state index contributed by atoms with van der Waals surface area (Å²) in [6, 6.07) is 5.93. The third kappa shape index (κ3) is 3.37. The second-order valence-electron chi connectivity index (χ2n) is 4.62. The number of aliphatic hydroxyl groups is 1. The summed E-state index contributed by atoms with van der Waals surface area (Å²) in [5.41, 5.74) is 0.786. The number of carbonyl (C=O) groups excluding carboxylic acids is 1. The molecule has 1 aromatic rings. The zero-order chi connectivity index (χ0) is 14.7. The number of halogens is 1. The molecule has 2 N–H and O–H groups in total. The topological polar surface area (TPSA) is 77.8 Å². The predicted molar refractivity (Wildman–Crippen MR) is 74.2 cm³/mol. The lowest BCUT2D eigenvalue weighted by Gasteiger charge is -2.19. The molecule has 1 fully saturated rings. The van der Waals surface area contributed by atoms with E-state index in [0.29, 0.717) is 5.02 Å². The lowest BCUT2D eigenvalue weighted by atomic mass is 10.2. The van der Waals surface area contributed by atoms with E-state index >= 15 is 0 Å². The van der Waals surface area contributed by atoms with Gasteiger partial charge in [0, 0.05) is 24.1 Å². The molecule has 1 saturated heterocycles. The maximum atomic E-state index is 12.0. The van der Waals surface area contributed by atoms with E-state index in [-0.39, 0.29) is 13.0 Å². The number of benzene rings is 1. The molecule has 0 radical (unpaired) electrons. The fraction of sp³-hybridized carbons (Fsp3) is 0.286. The van der Waals surface area contributed by atoms with Crippen molar-refractivity contribution in [2.24, 2.45) is 0 Å². The quantitative estimate of drug-likeness (QED) is 0.826. The molecule has 0 saturated carbocycles. The molecule has 106 valence electrons. The van der Waals surface area contributed by atoms with Crippen molar-refractivity contribution in [1.82, 2.24) is 4.90 Å². The lowest BCUT2D eigenvalue weighted by Crippen LogP contribution is -2.39. The third-order valence-corrected chi connectivity index (χ3v) is 3.39. The molecule has 1 amide bonds. The zero-order valence-electron chi connectivity index (χ0n) is 10.6. The standard InChI is InChI=1S/C14H14ClNO4/c15-10-4-1-9(2-5-10)3-6-13(18)16-8-11(17)7-12(16)14(19)20/h1-6,11-12,17H,7-8H2,(H,19,20)/t11-,12-/m1/s1. The summed E-state index contributed by atoms with van der Waals surface area (Å²) in [6.45, 7) is 0.0424. The highest BCUT2D eigenvalue weighted by Crippen LogP contribution is 2.19. The maximum Gasteiger partial charge on any atom is 0.326 e. The first-order chi connectivity index (χ1) is 9.47. The molecule has 5 nitrogen and oxygen atoms in total. The van der Waals surface area contributed by atoms with Crippen LogP contribution < -0.4 is 0 Å². The van der Waals surface area contributed by atoms with Gasteiger partial charge in [-0.1, -0.05) is 23.7 Å². The fourth-order valence-corrected chi connectivity index (χ4v) is 2.25. The van der Waals surface area contributed by atoms with Crippen LogP contribution in [0.1, 0.15) is 12.0 Å². The predicted octanol–water partition coefficient (Wildman–Crippen LogP) is 1.40. The van der Waals surface area contributed by atoms with Gasteiger partial charge in [-0.3, -0.25) is 4.79 Å². The van der Waals surface area contributed by atoms with Gasteiger partial charge in [0.25, 0.3) is 0 Å². The first-order valence-electron chi connectivity index (χ1n) is 6.12. The SMILES string of the molecule is O=C(O)[C@H]1C[C@@H](O)CN1C(=O)C=Cc1ccc(Cl)cc1. The summed E-state index contributed by atoms with van der Waals surface area (Å²) in [6.07, 6.45) is 2.17. The van der Waals surface area contributed by atoms with Crippen molar-refractivity contribution in [3.05, 3.63) is 40.9 Å². The van der Waals surface area contributed by atoms with Crippen LogP contribution >= 0.6 is 11.6 Å². The van der Waals surface area contributed by atoms with E-state index in [1.165, 1.54) is 11.0 Å². The molecular weight excluding hydrogens is 282 g/mol. The van der Waals surface area contributed by atoms with Crippen LogP contribution in [0.15, 0.2) is 30.3 Å². The van der Waals surface area contributed by atoms with Crippen molar-refractivity contribution < 1.29 is 19.8 Å². The van der Waals surface area contributed by atoms with Crippen molar-refractivity contribution in [2.75, 3.05) is 6.54 Å². The minimum absolute atomic E-state index is 0.0424. The van der Waals surface area contributed by atoms with E-state index in [1.807, 2.05) is 0 Å². The minimum Gasteiger partial charge on any atom is -0.480 e. The first-order valence-corrected chi connectivity index (χ1v) is 6.50. The molecule has 20 heavy (non-hydrogen) atoms. The molecule has 2 atom stereocenters. The lowest BCUT2D eigenvalue weighted by molar-refractivity contribution is -0.146. The van der Waals surface area contributed by atoms with Crippen molar-refractivity contribution in [3.63, 3.8) is 0 Å². The molecular formula is C14H14ClNO4. The number of carboxylic acids is 1. The maximum absolute atomic E-state index is 12.0. The van der Waals surface area contributed by atoms with Gasteiger partial charge in [-0.15, -0.1) is 0 Å². The number of carbonyl (C=O) groups is 2. The molecule has 1 aliphatic heterocycles. The van der Waals surface area contributed by atoms with Crippen molar-refractivity contribution in [1.29, 1.82) is 0 Å². The highest BCUT2D eigenvalue weighted by molar-refractivity contribution is 6.30. The average Bonchev–Trinajstić information content (AvgIpc) is 2.80. The molecule has 6 heteroatoms. The summed E-state index contributed by atoms with van der Waals surface area (Å²) in [7, 11) is 0. The molecule has 0 aliphatic carbocycles. The Morgan fingerprint density at radius 1 is 1.30 bits per heavy atom. The van der Waals surface area contributed by atoms with Gasteiger partial charge in [0.1, 0.15) is 6.04 Å². The Bertz CT molecular complexity index is 541. The molecule has 2 rings (SSSR count). The van der Waals surface area contributed by atoms with Gasteiger partial charge in [0.2, 0.25) is 5.91 Å². The Morgan fingerprint density at radius 2 is 1.95 bits per heavy atom. The number of likely N-dealkylation sites (tertiary alicyclic amines) is 1. The van der Waals surface area contributed by atoms with Crippen molar-refractivity contribution in [2.45, 2.75) is 18.6 Å².